The number of rotatable bonds is 4. The second-order valence-electron chi connectivity index (χ2n) is 5.28. The molecule has 0 bridgehead atoms. The summed E-state index contributed by atoms with van der Waals surface area (Å²) in [6, 6.07) is 9.34. The number of hydrogen-bond acceptors (Lipinski definition) is 3. The van der Waals surface area contributed by atoms with Crippen LogP contribution in [0.2, 0.25) is 5.02 Å². The van der Waals surface area contributed by atoms with Gasteiger partial charge >= 0.3 is 0 Å². The van der Waals surface area contributed by atoms with Crippen LogP contribution in [-0.4, -0.2) is 10.9 Å². The Bertz CT molecular complexity index is 666. The summed E-state index contributed by atoms with van der Waals surface area (Å²) < 4.78 is 0. The quantitative estimate of drug-likeness (QED) is 0.892. The van der Waals surface area contributed by atoms with E-state index in [0.717, 1.165) is 35.6 Å². The van der Waals surface area contributed by atoms with E-state index in [1.54, 1.807) is 6.20 Å². The Kier molecular flexibility index (Phi) is 3.80. The maximum atomic E-state index is 11.7. The first kappa shape index (κ1) is 13.9. The third-order valence-electron chi connectivity index (χ3n) is 3.43. The Labute approximate surface area is 128 Å². The number of nitrogens with zero attached hydrogens (tertiary/aromatic N) is 1. The second kappa shape index (κ2) is 5.74. The van der Waals surface area contributed by atoms with Crippen molar-refractivity contribution in [1.82, 2.24) is 4.98 Å². The Morgan fingerprint density at radius 1 is 1.29 bits per heavy atom. The molecular formula is C16H16ClN3O. The van der Waals surface area contributed by atoms with Gasteiger partial charge in [0.2, 0.25) is 5.91 Å². The van der Waals surface area contributed by atoms with Gasteiger partial charge in [0.15, 0.2) is 0 Å². The monoisotopic (exact) mass is 301 g/mol. The predicted octanol–water partition coefficient (Wildman–Crippen LogP) is 4.14. The lowest BCUT2D eigenvalue weighted by molar-refractivity contribution is -0.117. The fourth-order valence-electron chi connectivity index (χ4n) is 2.04. The number of amides is 1. The highest BCUT2D eigenvalue weighted by atomic mass is 35.5. The van der Waals surface area contributed by atoms with Gasteiger partial charge in [0.25, 0.3) is 0 Å². The van der Waals surface area contributed by atoms with Gasteiger partial charge in [0.05, 0.1) is 11.9 Å². The summed E-state index contributed by atoms with van der Waals surface area (Å²) in [7, 11) is 0. The van der Waals surface area contributed by atoms with E-state index < -0.39 is 0 Å². The fourth-order valence-corrected chi connectivity index (χ4v) is 2.26. The van der Waals surface area contributed by atoms with Crippen LogP contribution >= 0.6 is 11.6 Å². The van der Waals surface area contributed by atoms with Crippen LogP contribution in [0, 0.1) is 12.8 Å². The molecule has 0 aliphatic heterocycles. The lowest BCUT2D eigenvalue weighted by Crippen LogP contribution is -2.13. The van der Waals surface area contributed by atoms with Crippen molar-refractivity contribution in [2.75, 3.05) is 10.6 Å². The van der Waals surface area contributed by atoms with Gasteiger partial charge in [-0.25, -0.2) is 4.98 Å². The molecule has 1 aliphatic rings. The summed E-state index contributed by atoms with van der Waals surface area (Å²) in [5.74, 6) is 1.01. The van der Waals surface area contributed by atoms with E-state index in [-0.39, 0.29) is 11.8 Å². The van der Waals surface area contributed by atoms with Crippen molar-refractivity contribution in [3.05, 3.63) is 47.1 Å². The molecule has 1 fully saturated rings. The van der Waals surface area contributed by atoms with E-state index in [0.29, 0.717) is 5.02 Å². The maximum Gasteiger partial charge on any atom is 0.227 e. The van der Waals surface area contributed by atoms with Crippen molar-refractivity contribution >= 4 is 34.7 Å². The van der Waals surface area contributed by atoms with Crippen LogP contribution < -0.4 is 10.6 Å². The minimum atomic E-state index is 0.0889. The summed E-state index contributed by atoms with van der Waals surface area (Å²) in [5, 5.41) is 6.81. The number of anilines is 3. The SMILES string of the molecule is Cc1cc(Cl)ccc1Nc1ccc(NC(=O)C2CC2)cn1. The molecule has 1 amide bonds. The van der Waals surface area contributed by atoms with Crippen molar-refractivity contribution < 1.29 is 4.79 Å². The van der Waals surface area contributed by atoms with Gasteiger partial charge in [-0.2, -0.15) is 0 Å². The van der Waals surface area contributed by atoms with Crippen LogP contribution in [0.3, 0.4) is 0 Å². The number of benzene rings is 1. The van der Waals surface area contributed by atoms with Crippen LogP contribution in [0.4, 0.5) is 17.2 Å². The molecule has 5 heteroatoms. The predicted molar refractivity (Wildman–Crippen MR) is 85.1 cm³/mol. The highest BCUT2D eigenvalue weighted by Crippen LogP contribution is 2.30. The topological polar surface area (TPSA) is 54.0 Å². The number of aromatic nitrogens is 1. The Morgan fingerprint density at radius 3 is 2.71 bits per heavy atom. The van der Waals surface area contributed by atoms with Crippen molar-refractivity contribution in [1.29, 1.82) is 0 Å². The van der Waals surface area contributed by atoms with Crippen LogP contribution in [0.5, 0.6) is 0 Å². The maximum absolute atomic E-state index is 11.7. The first-order chi connectivity index (χ1) is 10.1. The van der Waals surface area contributed by atoms with E-state index in [2.05, 4.69) is 15.6 Å². The standard InChI is InChI=1S/C16H16ClN3O/c1-10-8-12(17)4-6-14(10)20-15-7-5-13(9-18-15)19-16(21)11-2-3-11/h4-9,11H,2-3H2,1H3,(H,18,20)(H,19,21). The van der Waals surface area contributed by atoms with Crippen molar-refractivity contribution in [2.24, 2.45) is 5.92 Å². The summed E-state index contributed by atoms with van der Waals surface area (Å²) in [6.07, 6.45) is 3.65. The molecule has 2 aromatic rings. The zero-order valence-electron chi connectivity index (χ0n) is 11.7. The fraction of sp³-hybridized carbons (Fsp3) is 0.250. The summed E-state index contributed by atoms with van der Waals surface area (Å²) in [6.45, 7) is 1.98. The average Bonchev–Trinajstić information content (AvgIpc) is 3.28. The first-order valence-electron chi connectivity index (χ1n) is 6.92. The molecule has 3 rings (SSSR count). The van der Waals surface area contributed by atoms with E-state index in [9.17, 15) is 4.79 Å². The lowest BCUT2D eigenvalue weighted by atomic mass is 10.2. The molecule has 0 unspecified atom stereocenters. The zero-order valence-corrected chi connectivity index (χ0v) is 12.4. The number of pyridine rings is 1. The molecule has 4 nitrogen and oxygen atoms in total. The zero-order chi connectivity index (χ0) is 14.8. The smallest absolute Gasteiger partial charge is 0.227 e. The highest BCUT2D eigenvalue weighted by molar-refractivity contribution is 6.30. The molecule has 0 spiro atoms. The van der Waals surface area contributed by atoms with Gasteiger partial charge < -0.3 is 10.6 Å². The molecule has 0 atom stereocenters. The van der Waals surface area contributed by atoms with Crippen LogP contribution in [-0.2, 0) is 4.79 Å². The summed E-state index contributed by atoms with van der Waals surface area (Å²) in [5.41, 5.74) is 2.74. The normalized spacial score (nSPS) is 13.8. The molecule has 1 aliphatic carbocycles. The lowest BCUT2D eigenvalue weighted by Gasteiger charge is -2.10. The third-order valence-corrected chi connectivity index (χ3v) is 3.67. The van der Waals surface area contributed by atoms with Gasteiger partial charge in [-0.05, 0) is 55.7 Å². The molecule has 1 heterocycles. The molecular weight excluding hydrogens is 286 g/mol. The van der Waals surface area contributed by atoms with E-state index in [4.69, 9.17) is 11.6 Å². The van der Waals surface area contributed by atoms with Crippen LogP contribution in [0.1, 0.15) is 18.4 Å². The van der Waals surface area contributed by atoms with E-state index in [1.165, 1.54) is 0 Å². The molecule has 0 radical (unpaired) electrons. The molecule has 1 aromatic carbocycles. The minimum Gasteiger partial charge on any atom is -0.340 e. The molecule has 1 saturated carbocycles. The van der Waals surface area contributed by atoms with Gasteiger partial charge in [-0.3, -0.25) is 4.79 Å². The first-order valence-corrected chi connectivity index (χ1v) is 7.30. The van der Waals surface area contributed by atoms with Crippen LogP contribution in [0.15, 0.2) is 36.5 Å². The van der Waals surface area contributed by atoms with Crippen molar-refractivity contribution in [2.45, 2.75) is 19.8 Å². The van der Waals surface area contributed by atoms with Crippen molar-refractivity contribution in [3.63, 3.8) is 0 Å². The van der Waals surface area contributed by atoms with Crippen LogP contribution in [0.25, 0.3) is 0 Å². The molecule has 1 aromatic heterocycles. The Balaban J connectivity index is 1.67. The highest BCUT2D eigenvalue weighted by Gasteiger charge is 2.29. The largest absolute Gasteiger partial charge is 0.340 e. The van der Waals surface area contributed by atoms with E-state index >= 15 is 0 Å². The number of aryl methyl sites for hydroxylation is 1. The van der Waals surface area contributed by atoms with Gasteiger partial charge in [-0.1, -0.05) is 11.6 Å². The Morgan fingerprint density at radius 2 is 2.10 bits per heavy atom. The molecule has 108 valence electrons. The average molecular weight is 302 g/mol. The number of hydrogen-bond donors (Lipinski definition) is 2. The number of nitrogens with one attached hydrogen (secondary N) is 2. The Hall–Kier alpha value is -2.07. The summed E-state index contributed by atoms with van der Waals surface area (Å²) >= 11 is 5.94. The number of carbonyl (C=O) groups is 1. The van der Waals surface area contributed by atoms with Gasteiger partial charge in [0.1, 0.15) is 5.82 Å². The third kappa shape index (κ3) is 3.52. The van der Waals surface area contributed by atoms with Crippen molar-refractivity contribution in [3.8, 4) is 0 Å². The summed E-state index contributed by atoms with van der Waals surface area (Å²) in [4.78, 5) is 16.0. The number of halogens is 1. The van der Waals surface area contributed by atoms with E-state index in [1.807, 2.05) is 37.3 Å². The second-order valence-corrected chi connectivity index (χ2v) is 5.72. The van der Waals surface area contributed by atoms with Gasteiger partial charge in [-0.15, -0.1) is 0 Å². The molecule has 0 saturated heterocycles. The molecule has 2 N–H and O–H groups in total. The van der Waals surface area contributed by atoms with Gasteiger partial charge in [0, 0.05) is 16.6 Å². The minimum absolute atomic E-state index is 0.0889. The number of carbonyl (C=O) groups excluding carboxylic acids is 1. The molecule has 21 heavy (non-hydrogen) atoms.